The third-order valence-corrected chi connectivity index (χ3v) is 6.18. The van der Waals surface area contributed by atoms with Gasteiger partial charge in [-0.2, -0.15) is 0 Å². The lowest BCUT2D eigenvalue weighted by Gasteiger charge is -2.28. The Labute approximate surface area is 186 Å². The minimum Gasteiger partial charge on any atom is -0.508 e. The number of amides is 2. The molecule has 3 aromatic rings. The average Bonchev–Trinajstić information content (AvgIpc) is 2.81. The number of nitrogens with one attached hydrogen (secondary N) is 2. The summed E-state index contributed by atoms with van der Waals surface area (Å²) in [5.74, 6) is 0.819. The lowest BCUT2D eigenvalue weighted by Crippen LogP contribution is -2.34. The molecule has 32 heavy (non-hydrogen) atoms. The molecule has 0 aliphatic heterocycles. The number of pyridine rings is 1. The first kappa shape index (κ1) is 21.6. The topological polar surface area (TPSA) is 112 Å². The van der Waals surface area contributed by atoms with E-state index < -0.39 is 6.09 Å². The zero-order valence-electron chi connectivity index (χ0n) is 17.8. The number of para-hydroxylation sites is 1. The van der Waals surface area contributed by atoms with Gasteiger partial charge in [0.05, 0.1) is 16.8 Å². The van der Waals surface area contributed by atoms with Crippen molar-refractivity contribution in [3.63, 3.8) is 0 Å². The van der Waals surface area contributed by atoms with Crippen molar-refractivity contribution in [3.8, 4) is 17.0 Å². The van der Waals surface area contributed by atoms with E-state index in [1.807, 2.05) is 24.3 Å². The number of nitrogens with zero attached hydrogens (tertiary/aromatic N) is 1. The molecule has 0 atom stereocenters. The van der Waals surface area contributed by atoms with Crippen LogP contribution in [0.15, 0.2) is 54.6 Å². The molecule has 2 aromatic carbocycles. The van der Waals surface area contributed by atoms with E-state index in [1.165, 1.54) is 0 Å². The molecule has 2 amide bonds. The molecule has 1 saturated carbocycles. The van der Waals surface area contributed by atoms with Crippen LogP contribution in [-0.4, -0.2) is 40.3 Å². The maximum atomic E-state index is 13.1. The third-order valence-electron chi connectivity index (χ3n) is 6.18. The maximum absolute atomic E-state index is 13.1. The summed E-state index contributed by atoms with van der Waals surface area (Å²) in [6, 6.07) is 16.2. The van der Waals surface area contributed by atoms with E-state index in [-0.39, 0.29) is 11.7 Å². The number of aromatic nitrogens is 1. The number of benzene rings is 2. The quantitative estimate of drug-likeness (QED) is 0.460. The Morgan fingerprint density at radius 1 is 0.906 bits per heavy atom. The van der Waals surface area contributed by atoms with Crippen LogP contribution in [0.2, 0.25) is 0 Å². The van der Waals surface area contributed by atoms with Crippen LogP contribution in [0.4, 0.5) is 4.79 Å². The number of rotatable bonds is 6. The predicted octanol–water partition coefficient (Wildman–Crippen LogP) is 4.41. The van der Waals surface area contributed by atoms with E-state index >= 15 is 0 Å². The van der Waals surface area contributed by atoms with Crippen LogP contribution in [0, 0.1) is 11.8 Å². The van der Waals surface area contributed by atoms with Gasteiger partial charge in [0.2, 0.25) is 0 Å². The molecule has 1 aromatic heterocycles. The minimum atomic E-state index is -0.976. The number of carbonyl (C=O) groups excluding carboxylic acids is 1. The highest BCUT2D eigenvalue weighted by molar-refractivity contribution is 6.07. The second-order valence-corrected chi connectivity index (χ2v) is 8.40. The Kier molecular flexibility index (Phi) is 6.54. The highest BCUT2D eigenvalue weighted by atomic mass is 16.4. The number of phenolic OH excluding ortho intramolecular Hbond substituents is 1. The Balaban J connectivity index is 1.45. The van der Waals surface area contributed by atoms with Gasteiger partial charge in [-0.05, 0) is 73.9 Å². The van der Waals surface area contributed by atoms with Crippen molar-refractivity contribution in [2.75, 3.05) is 13.1 Å². The third kappa shape index (κ3) is 5.17. The fraction of sp³-hybridized carbons (Fsp3) is 0.320. The fourth-order valence-corrected chi connectivity index (χ4v) is 4.35. The smallest absolute Gasteiger partial charge is 0.404 e. The number of fused-ring (bicyclic) bond motifs is 1. The van der Waals surface area contributed by atoms with Crippen LogP contribution in [0.5, 0.6) is 5.75 Å². The molecule has 0 saturated heterocycles. The number of carboxylic acid groups (broad SMARTS) is 1. The second-order valence-electron chi connectivity index (χ2n) is 8.40. The first-order valence-corrected chi connectivity index (χ1v) is 10.9. The van der Waals surface area contributed by atoms with Gasteiger partial charge in [0.25, 0.3) is 5.91 Å². The lowest BCUT2D eigenvalue weighted by molar-refractivity contribution is 0.0942. The molecule has 4 rings (SSSR count). The van der Waals surface area contributed by atoms with Gasteiger partial charge in [-0.15, -0.1) is 0 Å². The van der Waals surface area contributed by atoms with Gasteiger partial charge in [0.15, 0.2) is 0 Å². The minimum absolute atomic E-state index is 0.127. The number of hydrogen-bond acceptors (Lipinski definition) is 4. The van der Waals surface area contributed by atoms with Gasteiger partial charge in [0.1, 0.15) is 5.75 Å². The summed E-state index contributed by atoms with van der Waals surface area (Å²) >= 11 is 0. The van der Waals surface area contributed by atoms with Crippen LogP contribution in [0.25, 0.3) is 22.2 Å². The molecule has 1 aliphatic rings. The van der Waals surface area contributed by atoms with Gasteiger partial charge >= 0.3 is 6.09 Å². The molecule has 1 fully saturated rings. The van der Waals surface area contributed by atoms with Crippen molar-refractivity contribution >= 4 is 22.9 Å². The molecule has 0 unspecified atom stereocenters. The molecule has 0 bridgehead atoms. The molecule has 1 aliphatic carbocycles. The first-order chi connectivity index (χ1) is 15.5. The van der Waals surface area contributed by atoms with Crippen LogP contribution in [-0.2, 0) is 0 Å². The summed E-state index contributed by atoms with van der Waals surface area (Å²) < 4.78 is 0. The van der Waals surface area contributed by atoms with Crippen LogP contribution in [0.1, 0.15) is 36.0 Å². The Bertz CT molecular complexity index is 1110. The Morgan fingerprint density at radius 3 is 2.19 bits per heavy atom. The summed E-state index contributed by atoms with van der Waals surface area (Å²) in [4.78, 5) is 28.5. The molecule has 0 spiro atoms. The van der Waals surface area contributed by atoms with E-state index in [0.717, 1.165) is 42.1 Å². The van der Waals surface area contributed by atoms with Gasteiger partial charge in [0, 0.05) is 24.0 Å². The fourth-order valence-electron chi connectivity index (χ4n) is 4.35. The summed E-state index contributed by atoms with van der Waals surface area (Å²) in [6.07, 6.45) is 2.90. The van der Waals surface area contributed by atoms with Crippen LogP contribution in [0.3, 0.4) is 0 Å². The monoisotopic (exact) mass is 433 g/mol. The second kappa shape index (κ2) is 9.68. The predicted molar refractivity (Wildman–Crippen MR) is 123 cm³/mol. The van der Waals surface area contributed by atoms with Crippen molar-refractivity contribution in [3.05, 3.63) is 60.2 Å². The van der Waals surface area contributed by atoms with E-state index in [0.29, 0.717) is 36.2 Å². The molecule has 7 nitrogen and oxygen atoms in total. The van der Waals surface area contributed by atoms with Gasteiger partial charge in [-0.25, -0.2) is 9.78 Å². The standard InChI is InChI=1S/C25H27N3O4/c29-19-11-9-18(10-12-19)23-13-21(20-3-1-2-4-22(20)28-23)24(30)26-14-16-5-7-17(8-6-16)15-27-25(31)32/h1-4,9-13,16-17,27,29H,5-8,14-15H2,(H,26,30)(H,31,32). The van der Waals surface area contributed by atoms with Crippen molar-refractivity contribution in [1.29, 1.82) is 0 Å². The van der Waals surface area contributed by atoms with Crippen molar-refractivity contribution in [2.24, 2.45) is 11.8 Å². The maximum Gasteiger partial charge on any atom is 0.404 e. The summed E-state index contributed by atoms with van der Waals surface area (Å²) in [7, 11) is 0. The molecule has 1 heterocycles. The average molecular weight is 434 g/mol. The van der Waals surface area contributed by atoms with Crippen LogP contribution >= 0.6 is 0 Å². The van der Waals surface area contributed by atoms with Gasteiger partial charge in [-0.3, -0.25) is 4.79 Å². The Hall–Kier alpha value is -3.61. The van der Waals surface area contributed by atoms with Crippen LogP contribution < -0.4 is 10.6 Å². The van der Waals surface area contributed by atoms with E-state index in [1.54, 1.807) is 30.3 Å². The summed E-state index contributed by atoms with van der Waals surface area (Å²) in [6.45, 7) is 1.10. The molecular weight excluding hydrogens is 406 g/mol. The number of phenols is 1. The van der Waals surface area contributed by atoms with E-state index in [4.69, 9.17) is 10.1 Å². The molecular formula is C25H27N3O4. The normalized spacial score (nSPS) is 18.2. The van der Waals surface area contributed by atoms with Crippen molar-refractivity contribution in [1.82, 2.24) is 15.6 Å². The Morgan fingerprint density at radius 2 is 1.53 bits per heavy atom. The highest BCUT2D eigenvalue weighted by Gasteiger charge is 2.22. The SMILES string of the molecule is O=C(O)NCC1CCC(CNC(=O)c2cc(-c3ccc(O)cc3)nc3ccccc23)CC1. The van der Waals surface area contributed by atoms with Crippen molar-refractivity contribution < 1.29 is 19.8 Å². The number of carbonyl (C=O) groups is 2. The molecule has 166 valence electrons. The van der Waals surface area contributed by atoms with E-state index in [9.17, 15) is 14.7 Å². The summed E-state index contributed by atoms with van der Waals surface area (Å²) in [5.41, 5.74) is 2.84. The highest BCUT2D eigenvalue weighted by Crippen LogP contribution is 2.29. The number of hydrogen-bond donors (Lipinski definition) is 4. The molecule has 4 N–H and O–H groups in total. The zero-order valence-corrected chi connectivity index (χ0v) is 17.8. The van der Waals surface area contributed by atoms with Gasteiger partial charge < -0.3 is 20.8 Å². The summed E-state index contributed by atoms with van der Waals surface area (Å²) in [5, 5.41) is 24.7. The first-order valence-electron chi connectivity index (χ1n) is 10.9. The number of aromatic hydroxyl groups is 1. The molecule has 7 heteroatoms. The largest absolute Gasteiger partial charge is 0.508 e. The van der Waals surface area contributed by atoms with E-state index in [2.05, 4.69) is 10.6 Å². The lowest BCUT2D eigenvalue weighted by atomic mass is 9.82. The zero-order chi connectivity index (χ0) is 22.5. The van der Waals surface area contributed by atoms with Crippen molar-refractivity contribution in [2.45, 2.75) is 25.7 Å². The molecule has 0 radical (unpaired) electrons. The van der Waals surface area contributed by atoms with Gasteiger partial charge in [-0.1, -0.05) is 18.2 Å².